The molecule has 0 radical (unpaired) electrons. The van der Waals surface area contributed by atoms with Gasteiger partial charge in [0.25, 0.3) is 5.91 Å². The second kappa shape index (κ2) is 5.69. The van der Waals surface area contributed by atoms with Crippen LogP contribution >= 0.6 is 11.6 Å². The van der Waals surface area contributed by atoms with Crippen LogP contribution in [0.25, 0.3) is 0 Å². The van der Waals surface area contributed by atoms with Crippen molar-refractivity contribution in [2.75, 3.05) is 5.32 Å². The minimum atomic E-state index is -0.147. The summed E-state index contributed by atoms with van der Waals surface area (Å²) < 4.78 is 0. The highest BCUT2D eigenvalue weighted by Crippen LogP contribution is 2.26. The van der Waals surface area contributed by atoms with E-state index in [4.69, 9.17) is 11.6 Å². The maximum Gasteiger partial charge on any atom is 0.255 e. The molecule has 2 aromatic rings. The monoisotopic (exact) mass is 259 g/mol. The number of benzene rings is 2. The SMILES string of the molecule is CCc1cccc(NC(=O)c2ccccc2)c1Cl. The standard InChI is InChI=1S/C15H14ClNO/c1-2-11-9-6-10-13(14(11)16)17-15(18)12-7-4-3-5-8-12/h3-10H,2H2,1H3,(H,17,18). The van der Waals surface area contributed by atoms with Gasteiger partial charge in [0.2, 0.25) is 0 Å². The fourth-order valence-corrected chi connectivity index (χ4v) is 2.04. The fraction of sp³-hybridized carbons (Fsp3) is 0.133. The third kappa shape index (κ3) is 2.71. The minimum Gasteiger partial charge on any atom is -0.321 e. The third-order valence-corrected chi connectivity index (χ3v) is 3.19. The number of amides is 1. The molecular weight excluding hydrogens is 246 g/mol. The summed E-state index contributed by atoms with van der Waals surface area (Å²) >= 11 is 6.23. The summed E-state index contributed by atoms with van der Waals surface area (Å²) in [6, 6.07) is 14.7. The second-order valence-electron chi connectivity index (χ2n) is 3.95. The van der Waals surface area contributed by atoms with Gasteiger partial charge in [-0.15, -0.1) is 0 Å². The predicted octanol–water partition coefficient (Wildman–Crippen LogP) is 4.15. The number of carbonyl (C=O) groups excluding carboxylic acids is 1. The summed E-state index contributed by atoms with van der Waals surface area (Å²) in [6.07, 6.45) is 0.841. The zero-order chi connectivity index (χ0) is 13.0. The molecule has 0 saturated carbocycles. The topological polar surface area (TPSA) is 29.1 Å². The quantitative estimate of drug-likeness (QED) is 0.881. The first kappa shape index (κ1) is 12.7. The molecule has 18 heavy (non-hydrogen) atoms. The van der Waals surface area contributed by atoms with Crippen LogP contribution in [0, 0.1) is 0 Å². The minimum absolute atomic E-state index is 0.147. The van der Waals surface area contributed by atoms with Crippen molar-refractivity contribution in [3.05, 3.63) is 64.7 Å². The highest BCUT2D eigenvalue weighted by molar-refractivity contribution is 6.34. The van der Waals surface area contributed by atoms with Crippen molar-refractivity contribution in [1.29, 1.82) is 0 Å². The molecule has 0 aliphatic carbocycles. The molecule has 0 bridgehead atoms. The summed E-state index contributed by atoms with van der Waals surface area (Å²) in [6.45, 7) is 2.03. The predicted molar refractivity (Wildman–Crippen MR) is 75.2 cm³/mol. The number of carbonyl (C=O) groups is 1. The molecule has 92 valence electrons. The van der Waals surface area contributed by atoms with E-state index in [1.807, 2.05) is 43.3 Å². The normalized spacial score (nSPS) is 10.1. The van der Waals surface area contributed by atoms with Crippen molar-refractivity contribution in [1.82, 2.24) is 0 Å². The zero-order valence-electron chi connectivity index (χ0n) is 10.1. The second-order valence-corrected chi connectivity index (χ2v) is 4.33. The molecule has 0 unspecified atom stereocenters. The molecule has 0 heterocycles. The number of hydrogen-bond donors (Lipinski definition) is 1. The van der Waals surface area contributed by atoms with Crippen LogP contribution in [0.5, 0.6) is 0 Å². The van der Waals surface area contributed by atoms with Crippen LogP contribution in [0.15, 0.2) is 48.5 Å². The Bertz CT molecular complexity index is 552. The molecule has 0 atom stereocenters. The number of hydrogen-bond acceptors (Lipinski definition) is 1. The van der Waals surface area contributed by atoms with Crippen LogP contribution in [-0.2, 0) is 6.42 Å². The van der Waals surface area contributed by atoms with Crippen molar-refractivity contribution in [3.8, 4) is 0 Å². The lowest BCUT2D eigenvalue weighted by atomic mass is 10.1. The van der Waals surface area contributed by atoms with Crippen LogP contribution in [0.2, 0.25) is 5.02 Å². The highest BCUT2D eigenvalue weighted by Gasteiger charge is 2.09. The molecule has 1 N–H and O–H groups in total. The van der Waals surface area contributed by atoms with Crippen molar-refractivity contribution in [2.45, 2.75) is 13.3 Å². The van der Waals surface area contributed by atoms with E-state index in [2.05, 4.69) is 5.32 Å². The average Bonchev–Trinajstić information content (AvgIpc) is 2.42. The van der Waals surface area contributed by atoms with Crippen molar-refractivity contribution in [2.24, 2.45) is 0 Å². The molecule has 2 rings (SSSR count). The van der Waals surface area contributed by atoms with Gasteiger partial charge in [0, 0.05) is 5.56 Å². The van der Waals surface area contributed by atoms with Crippen molar-refractivity contribution >= 4 is 23.2 Å². The number of nitrogens with one attached hydrogen (secondary N) is 1. The van der Waals surface area contributed by atoms with Crippen molar-refractivity contribution < 1.29 is 4.79 Å². The van der Waals surface area contributed by atoms with Gasteiger partial charge in [0.15, 0.2) is 0 Å². The van der Waals surface area contributed by atoms with Gasteiger partial charge in [-0.25, -0.2) is 0 Å². The molecular formula is C15H14ClNO. The van der Waals surface area contributed by atoms with E-state index in [0.29, 0.717) is 16.3 Å². The van der Waals surface area contributed by atoms with Gasteiger partial charge in [-0.2, -0.15) is 0 Å². The highest BCUT2D eigenvalue weighted by atomic mass is 35.5. The van der Waals surface area contributed by atoms with E-state index in [1.54, 1.807) is 12.1 Å². The molecule has 3 heteroatoms. The van der Waals surface area contributed by atoms with Crippen LogP contribution in [0.3, 0.4) is 0 Å². The first-order valence-electron chi connectivity index (χ1n) is 5.86. The van der Waals surface area contributed by atoms with E-state index in [-0.39, 0.29) is 5.91 Å². The molecule has 1 amide bonds. The lowest BCUT2D eigenvalue weighted by Crippen LogP contribution is -2.12. The fourth-order valence-electron chi connectivity index (χ4n) is 1.73. The van der Waals surface area contributed by atoms with Gasteiger partial charge < -0.3 is 5.32 Å². The average molecular weight is 260 g/mol. The molecule has 2 aromatic carbocycles. The van der Waals surface area contributed by atoms with Crippen LogP contribution in [0.4, 0.5) is 5.69 Å². The summed E-state index contributed by atoms with van der Waals surface area (Å²) in [7, 11) is 0. The summed E-state index contributed by atoms with van der Waals surface area (Å²) in [5.41, 5.74) is 2.31. The van der Waals surface area contributed by atoms with Crippen LogP contribution in [0.1, 0.15) is 22.8 Å². The molecule has 0 aliphatic heterocycles. The van der Waals surface area contributed by atoms with Gasteiger partial charge in [0.1, 0.15) is 0 Å². The van der Waals surface area contributed by atoms with Gasteiger partial charge in [-0.1, -0.05) is 48.9 Å². The van der Waals surface area contributed by atoms with Crippen molar-refractivity contribution in [3.63, 3.8) is 0 Å². The van der Waals surface area contributed by atoms with E-state index < -0.39 is 0 Å². The summed E-state index contributed by atoms with van der Waals surface area (Å²) in [4.78, 5) is 12.0. The number of halogens is 1. The zero-order valence-corrected chi connectivity index (χ0v) is 10.9. The Morgan fingerprint density at radius 3 is 2.50 bits per heavy atom. The maximum absolute atomic E-state index is 12.0. The first-order valence-corrected chi connectivity index (χ1v) is 6.24. The maximum atomic E-state index is 12.0. The third-order valence-electron chi connectivity index (χ3n) is 2.74. The Balaban J connectivity index is 2.22. The van der Waals surface area contributed by atoms with E-state index in [0.717, 1.165) is 12.0 Å². The Hall–Kier alpha value is -1.80. The molecule has 0 spiro atoms. The van der Waals surface area contributed by atoms with E-state index >= 15 is 0 Å². The van der Waals surface area contributed by atoms with Crippen LogP contribution < -0.4 is 5.32 Å². The van der Waals surface area contributed by atoms with E-state index in [1.165, 1.54) is 0 Å². The molecule has 0 aliphatic rings. The molecule has 0 saturated heterocycles. The van der Waals surface area contributed by atoms with Gasteiger partial charge in [-0.3, -0.25) is 4.79 Å². The lowest BCUT2D eigenvalue weighted by molar-refractivity contribution is 0.102. The van der Waals surface area contributed by atoms with Crippen LogP contribution in [-0.4, -0.2) is 5.91 Å². The van der Waals surface area contributed by atoms with E-state index in [9.17, 15) is 4.79 Å². The van der Waals surface area contributed by atoms with Gasteiger partial charge in [0.05, 0.1) is 10.7 Å². The number of rotatable bonds is 3. The smallest absolute Gasteiger partial charge is 0.255 e. The summed E-state index contributed by atoms with van der Waals surface area (Å²) in [5.74, 6) is -0.147. The lowest BCUT2D eigenvalue weighted by Gasteiger charge is -2.09. The Morgan fingerprint density at radius 2 is 1.83 bits per heavy atom. The largest absolute Gasteiger partial charge is 0.321 e. The first-order chi connectivity index (χ1) is 8.72. The molecule has 2 nitrogen and oxygen atoms in total. The Labute approximate surface area is 112 Å². The Kier molecular flexibility index (Phi) is 4.00. The number of aryl methyl sites for hydroxylation is 1. The molecule has 0 fully saturated rings. The Morgan fingerprint density at radius 1 is 1.11 bits per heavy atom. The summed E-state index contributed by atoms with van der Waals surface area (Å²) in [5, 5.41) is 3.45. The van der Waals surface area contributed by atoms with Gasteiger partial charge in [-0.05, 0) is 30.2 Å². The molecule has 0 aromatic heterocycles. The number of anilines is 1. The van der Waals surface area contributed by atoms with Gasteiger partial charge >= 0.3 is 0 Å².